The van der Waals surface area contributed by atoms with Crippen LogP contribution in [0.3, 0.4) is 0 Å². The van der Waals surface area contributed by atoms with Crippen LogP contribution in [-0.4, -0.2) is 22.6 Å². The highest BCUT2D eigenvalue weighted by atomic mass is 16.5. The van der Waals surface area contributed by atoms with Crippen molar-refractivity contribution in [1.82, 2.24) is 15.3 Å². The number of hydrogen-bond acceptors (Lipinski definition) is 4. The van der Waals surface area contributed by atoms with Gasteiger partial charge in [-0.3, -0.25) is 0 Å². The van der Waals surface area contributed by atoms with Gasteiger partial charge in [0.15, 0.2) is 11.6 Å². The summed E-state index contributed by atoms with van der Waals surface area (Å²) in [5.41, 5.74) is 2.29. The number of nitrogens with zero attached hydrogens (tertiary/aromatic N) is 2. The normalized spacial score (nSPS) is 12.6. The van der Waals surface area contributed by atoms with E-state index in [0.29, 0.717) is 18.0 Å². The van der Waals surface area contributed by atoms with Gasteiger partial charge < -0.3 is 10.1 Å². The molecule has 0 unspecified atom stereocenters. The fraction of sp³-hybridized carbons (Fsp3) is 0.524. The van der Waals surface area contributed by atoms with Gasteiger partial charge in [0.05, 0.1) is 19.0 Å². The van der Waals surface area contributed by atoms with E-state index >= 15 is 0 Å². The first kappa shape index (κ1) is 19.4. The molecule has 0 saturated heterocycles. The van der Waals surface area contributed by atoms with E-state index in [9.17, 15) is 0 Å². The van der Waals surface area contributed by atoms with Crippen LogP contribution < -0.4 is 10.1 Å². The van der Waals surface area contributed by atoms with Crippen LogP contribution in [0.1, 0.15) is 59.1 Å². The molecule has 0 spiro atoms. The Morgan fingerprint density at radius 1 is 0.960 bits per heavy atom. The van der Waals surface area contributed by atoms with E-state index in [1.54, 1.807) is 12.4 Å². The Balaban J connectivity index is 1.93. The van der Waals surface area contributed by atoms with E-state index in [2.05, 4.69) is 74.2 Å². The molecule has 25 heavy (non-hydrogen) atoms. The van der Waals surface area contributed by atoms with Gasteiger partial charge in [-0.1, -0.05) is 52.0 Å². The molecule has 0 saturated carbocycles. The summed E-state index contributed by atoms with van der Waals surface area (Å²) < 4.78 is 5.70. The Morgan fingerprint density at radius 2 is 1.60 bits per heavy atom. The van der Waals surface area contributed by atoms with Gasteiger partial charge in [-0.25, -0.2) is 9.97 Å². The van der Waals surface area contributed by atoms with Crippen molar-refractivity contribution < 1.29 is 4.74 Å². The number of rotatable bonds is 9. The summed E-state index contributed by atoms with van der Waals surface area (Å²) in [7, 11) is 0. The maximum atomic E-state index is 5.70. The summed E-state index contributed by atoms with van der Waals surface area (Å²) in [4.78, 5) is 8.87. The Kier molecular flexibility index (Phi) is 7.38. The van der Waals surface area contributed by atoms with Crippen LogP contribution >= 0.6 is 0 Å². The fourth-order valence-electron chi connectivity index (χ4n) is 2.74. The summed E-state index contributed by atoms with van der Waals surface area (Å²) >= 11 is 0. The topological polar surface area (TPSA) is 47.0 Å². The van der Waals surface area contributed by atoms with Crippen molar-refractivity contribution in [1.29, 1.82) is 0 Å². The summed E-state index contributed by atoms with van der Waals surface area (Å²) in [5, 5.41) is 3.51. The van der Waals surface area contributed by atoms with Crippen LogP contribution in [0.5, 0.6) is 5.75 Å². The molecule has 1 aromatic carbocycles. The minimum absolute atomic E-state index is 0.330. The van der Waals surface area contributed by atoms with E-state index in [1.165, 1.54) is 12.0 Å². The monoisotopic (exact) mass is 341 g/mol. The molecule has 1 aromatic heterocycles. The van der Waals surface area contributed by atoms with Crippen LogP contribution in [-0.2, 0) is 0 Å². The van der Waals surface area contributed by atoms with Crippen molar-refractivity contribution in [3.63, 3.8) is 0 Å². The second-order valence-corrected chi connectivity index (χ2v) is 7.29. The molecule has 0 aliphatic heterocycles. The number of aromatic nitrogens is 2. The van der Waals surface area contributed by atoms with E-state index in [1.807, 2.05) is 0 Å². The van der Waals surface area contributed by atoms with Gasteiger partial charge >= 0.3 is 0 Å². The van der Waals surface area contributed by atoms with Crippen molar-refractivity contribution in [3.8, 4) is 17.1 Å². The lowest BCUT2D eigenvalue weighted by molar-refractivity contribution is 0.295. The average molecular weight is 341 g/mol. The Morgan fingerprint density at radius 3 is 2.16 bits per heavy atom. The van der Waals surface area contributed by atoms with Crippen molar-refractivity contribution in [2.24, 2.45) is 5.92 Å². The smallest absolute Gasteiger partial charge is 0.159 e. The largest absolute Gasteiger partial charge is 0.490 e. The van der Waals surface area contributed by atoms with Crippen molar-refractivity contribution in [2.75, 3.05) is 6.61 Å². The van der Waals surface area contributed by atoms with Gasteiger partial charge in [-0.05, 0) is 31.2 Å². The van der Waals surface area contributed by atoms with Gasteiger partial charge in [-0.15, -0.1) is 0 Å². The molecule has 0 aliphatic rings. The molecule has 1 atom stereocenters. The van der Waals surface area contributed by atoms with E-state index in [-0.39, 0.29) is 0 Å². The highest BCUT2D eigenvalue weighted by Crippen LogP contribution is 2.20. The first-order valence-electron chi connectivity index (χ1n) is 9.27. The lowest BCUT2D eigenvalue weighted by Crippen LogP contribution is -2.25. The minimum Gasteiger partial charge on any atom is -0.490 e. The molecule has 0 bridgehead atoms. The van der Waals surface area contributed by atoms with Crippen LogP contribution in [0, 0.1) is 5.92 Å². The molecule has 0 fully saturated rings. The summed E-state index contributed by atoms with van der Waals surface area (Å²) in [5.74, 6) is 2.17. The maximum Gasteiger partial charge on any atom is 0.159 e. The number of benzene rings is 1. The van der Waals surface area contributed by atoms with Gasteiger partial charge in [-0.2, -0.15) is 0 Å². The SMILES string of the molecule is CC(C)CCCOc1cnc(-c2ccc([C@H](C)NC(C)C)cc2)nc1. The summed E-state index contributed by atoms with van der Waals surface area (Å²) in [6.45, 7) is 11.7. The average Bonchev–Trinajstić information content (AvgIpc) is 2.59. The van der Waals surface area contributed by atoms with Crippen LogP contribution in [0.2, 0.25) is 0 Å². The zero-order chi connectivity index (χ0) is 18.2. The van der Waals surface area contributed by atoms with Crippen molar-refractivity contribution in [2.45, 2.75) is 59.5 Å². The fourth-order valence-corrected chi connectivity index (χ4v) is 2.74. The standard InChI is InChI=1S/C21H31N3O/c1-15(2)7-6-12-25-20-13-22-21(23-14-20)19-10-8-18(9-11-19)17(5)24-16(3)4/h8-11,13-17,24H,6-7,12H2,1-5H3/t17-/m0/s1. The number of nitrogens with one attached hydrogen (secondary N) is 1. The van der Waals surface area contributed by atoms with Crippen LogP contribution in [0.15, 0.2) is 36.7 Å². The predicted molar refractivity (Wildman–Crippen MR) is 104 cm³/mol. The lowest BCUT2D eigenvalue weighted by Gasteiger charge is -2.17. The number of hydrogen-bond donors (Lipinski definition) is 1. The molecular formula is C21H31N3O. The molecule has 136 valence electrons. The van der Waals surface area contributed by atoms with Gasteiger partial charge in [0.25, 0.3) is 0 Å². The Hall–Kier alpha value is -1.94. The van der Waals surface area contributed by atoms with Crippen LogP contribution in [0.25, 0.3) is 11.4 Å². The van der Waals surface area contributed by atoms with E-state index < -0.39 is 0 Å². The van der Waals surface area contributed by atoms with E-state index in [0.717, 1.165) is 30.2 Å². The third-order valence-electron chi connectivity index (χ3n) is 4.07. The second-order valence-electron chi connectivity index (χ2n) is 7.29. The predicted octanol–water partition coefficient (Wildman–Crippen LogP) is 5.02. The van der Waals surface area contributed by atoms with Crippen LogP contribution in [0.4, 0.5) is 0 Å². The molecule has 1 heterocycles. The van der Waals surface area contributed by atoms with E-state index in [4.69, 9.17) is 4.74 Å². The van der Waals surface area contributed by atoms with Crippen molar-refractivity contribution >= 4 is 0 Å². The zero-order valence-electron chi connectivity index (χ0n) is 16.1. The highest BCUT2D eigenvalue weighted by Gasteiger charge is 2.08. The molecular weight excluding hydrogens is 310 g/mol. The molecule has 1 N–H and O–H groups in total. The number of ether oxygens (including phenoxy) is 1. The maximum absolute atomic E-state index is 5.70. The summed E-state index contributed by atoms with van der Waals surface area (Å²) in [6.07, 6.45) is 5.75. The van der Waals surface area contributed by atoms with Gasteiger partial charge in [0, 0.05) is 17.6 Å². The third kappa shape index (κ3) is 6.46. The Labute approximate surface area is 152 Å². The molecule has 2 aromatic rings. The van der Waals surface area contributed by atoms with Gasteiger partial charge in [0.2, 0.25) is 0 Å². The molecule has 0 aliphatic carbocycles. The highest BCUT2D eigenvalue weighted by molar-refractivity contribution is 5.55. The first-order chi connectivity index (χ1) is 12.0. The quantitative estimate of drug-likeness (QED) is 0.651. The van der Waals surface area contributed by atoms with Gasteiger partial charge in [0.1, 0.15) is 0 Å². The molecule has 0 amide bonds. The third-order valence-corrected chi connectivity index (χ3v) is 4.07. The molecule has 4 heteroatoms. The molecule has 4 nitrogen and oxygen atoms in total. The summed E-state index contributed by atoms with van der Waals surface area (Å²) in [6, 6.07) is 9.21. The van der Waals surface area contributed by atoms with Crippen molar-refractivity contribution in [3.05, 3.63) is 42.2 Å². The second kappa shape index (κ2) is 9.52. The molecule has 0 radical (unpaired) electrons. The molecule has 2 rings (SSSR count). The Bertz CT molecular complexity index is 621. The lowest BCUT2D eigenvalue weighted by atomic mass is 10.1. The first-order valence-corrected chi connectivity index (χ1v) is 9.27. The zero-order valence-corrected chi connectivity index (χ0v) is 16.1. The minimum atomic E-state index is 0.330.